The second kappa shape index (κ2) is 22.2. The van der Waals surface area contributed by atoms with Crippen LogP contribution >= 0.6 is 0 Å². The van der Waals surface area contributed by atoms with Crippen LogP contribution in [-0.2, 0) is 22.4 Å². The number of allylic oxidation sites excluding steroid dienone is 1. The lowest BCUT2D eigenvalue weighted by Crippen LogP contribution is -2.51. The summed E-state index contributed by atoms with van der Waals surface area (Å²) in [6.07, 6.45) is 39.4. The molecule has 4 aliphatic carbocycles. The van der Waals surface area contributed by atoms with Crippen LogP contribution in [0.4, 0.5) is 0 Å². The fourth-order valence-corrected chi connectivity index (χ4v) is 13.1. The smallest absolute Gasteiger partial charge is 0.306 e. The minimum atomic E-state index is 0.0578. The third-order valence-electron chi connectivity index (χ3n) is 16.7. The average molecular weight is 775 g/mol. The monoisotopic (exact) mass is 775 g/mol. The summed E-state index contributed by atoms with van der Waals surface area (Å²) in [7, 11) is 0. The van der Waals surface area contributed by atoms with Crippen molar-refractivity contribution in [3.8, 4) is 0 Å². The predicted molar refractivity (Wildman–Crippen MR) is 238 cm³/mol. The number of carbonyl (C=O) groups is 1. The molecule has 8 unspecified atom stereocenters. The van der Waals surface area contributed by atoms with Gasteiger partial charge in [0.1, 0.15) is 17.6 Å². The molecule has 1 heterocycles. The highest BCUT2D eigenvalue weighted by atomic mass is 16.5. The molecule has 4 aliphatic rings. The largest absolute Gasteiger partial charge is 0.466 e. The van der Waals surface area contributed by atoms with E-state index in [1.54, 1.807) is 5.57 Å². The van der Waals surface area contributed by atoms with E-state index in [1.165, 1.54) is 170 Å². The normalized spacial score (nSPS) is 29.2. The molecule has 0 saturated heterocycles. The van der Waals surface area contributed by atoms with Gasteiger partial charge in [-0.1, -0.05) is 150 Å². The standard InChI is InChI=1S/C53H90O3/c1-9-10-21-27-49-41(5)42(6)50(56-49)28-22-19-17-15-13-11-12-14-16-18-20-23-29-51(54)55-44-34-36-52(7)43(38-44)30-31-45-47-33-32-46(40(4)26-24-25-39(2)3)53(47,8)37-35-48(45)52/h30,39-40,44-48H,9-29,31-38H2,1-8H3. The lowest BCUT2D eigenvalue weighted by Gasteiger charge is -2.58. The molecular weight excluding hydrogens is 685 g/mol. The van der Waals surface area contributed by atoms with Crippen molar-refractivity contribution in [1.29, 1.82) is 0 Å². The molecule has 320 valence electrons. The fraction of sp³-hybridized carbons (Fsp3) is 0.868. The molecule has 56 heavy (non-hydrogen) atoms. The molecule has 0 radical (unpaired) electrons. The molecular formula is C53H90O3. The third kappa shape index (κ3) is 11.8. The highest BCUT2D eigenvalue weighted by molar-refractivity contribution is 5.69. The van der Waals surface area contributed by atoms with Gasteiger partial charge in [0.25, 0.3) is 0 Å². The van der Waals surface area contributed by atoms with Gasteiger partial charge in [-0.3, -0.25) is 4.79 Å². The van der Waals surface area contributed by atoms with E-state index in [0.29, 0.717) is 17.3 Å². The molecule has 3 fully saturated rings. The number of aryl methyl sites for hydroxylation is 2. The molecule has 3 heteroatoms. The Hall–Kier alpha value is -1.51. The number of fused-ring (bicyclic) bond motifs is 5. The number of unbranched alkanes of at least 4 members (excludes halogenated alkanes) is 13. The van der Waals surface area contributed by atoms with Crippen LogP contribution in [0.15, 0.2) is 16.1 Å². The minimum Gasteiger partial charge on any atom is -0.466 e. The van der Waals surface area contributed by atoms with E-state index in [-0.39, 0.29) is 12.1 Å². The third-order valence-corrected chi connectivity index (χ3v) is 16.7. The Morgan fingerprint density at radius 1 is 0.732 bits per heavy atom. The van der Waals surface area contributed by atoms with Crippen LogP contribution in [0.5, 0.6) is 0 Å². The Morgan fingerprint density at radius 3 is 1.96 bits per heavy atom. The molecule has 0 amide bonds. The Labute approximate surface area is 347 Å². The van der Waals surface area contributed by atoms with Gasteiger partial charge in [-0.15, -0.1) is 0 Å². The van der Waals surface area contributed by atoms with Gasteiger partial charge in [0.15, 0.2) is 0 Å². The first-order valence-corrected chi connectivity index (χ1v) is 24.9. The van der Waals surface area contributed by atoms with E-state index < -0.39 is 0 Å². The minimum absolute atomic E-state index is 0.0578. The van der Waals surface area contributed by atoms with Crippen LogP contribution in [0, 0.1) is 60.2 Å². The van der Waals surface area contributed by atoms with Crippen molar-refractivity contribution >= 4 is 5.97 Å². The first-order chi connectivity index (χ1) is 27.0. The molecule has 8 atom stereocenters. The van der Waals surface area contributed by atoms with Crippen LogP contribution < -0.4 is 0 Å². The Bertz CT molecular complexity index is 1350. The predicted octanol–water partition coefficient (Wildman–Crippen LogP) is 16.2. The number of esters is 1. The van der Waals surface area contributed by atoms with Crippen molar-refractivity contribution in [1.82, 2.24) is 0 Å². The molecule has 0 spiro atoms. The van der Waals surface area contributed by atoms with Crippen LogP contribution in [-0.4, -0.2) is 12.1 Å². The van der Waals surface area contributed by atoms with E-state index in [9.17, 15) is 4.79 Å². The van der Waals surface area contributed by atoms with Crippen LogP contribution in [0.2, 0.25) is 0 Å². The van der Waals surface area contributed by atoms with Gasteiger partial charge in [-0.05, 0) is 136 Å². The maximum Gasteiger partial charge on any atom is 0.306 e. The average Bonchev–Trinajstić information content (AvgIpc) is 3.66. The molecule has 1 aromatic heterocycles. The second-order valence-electron chi connectivity index (χ2n) is 21.0. The molecule has 1 aromatic rings. The van der Waals surface area contributed by atoms with E-state index in [1.807, 2.05) is 0 Å². The summed E-state index contributed by atoms with van der Waals surface area (Å²) in [4.78, 5) is 12.9. The summed E-state index contributed by atoms with van der Waals surface area (Å²) in [5.74, 6) is 7.78. The van der Waals surface area contributed by atoms with Crippen molar-refractivity contribution in [2.45, 2.75) is 248 Å². The van der Waals surface area contributed by atoms with Crippen molar-refractivity contribution in [2.24, 2.45) is 46.3 Å². The summed E-state index contributed by atoms with van der Waals surface area (Å²) < 4.78 is 12.4. The highest BCUT2D eigenvalue weighted by Gasteiger charge is 2.59. The van der Waals surface area contributed by atoms with E-state index >= 15 is 0 Å². The van der Waals surface area contributed by atoms with Crippen molar-refractivity contribution in [2.75, 3.05) is 0 Å². The van der Waals surface area contributed by atoms with Gasteiger partial charge < -0.3 is 9.15 Å². The van der Waals surface area contributed by atoms with E-state index in [4.69, 9.17) is 9.15 Å². The molecule has 5 rings (SSSR count). The number of rotatable bonds is 25. The number of hydrogen-bond donors (Lipinski definition) is 0. The molecule has 0 aliphatic heterocycles. The van der Waals surface area contributed by atoms with Crippen LogP contribution in [0.3, 0.4) is 0 Å². The number of ether oxygens (including phenoxy) is 1. The van der Waals surface area contributed by atoms with Crippen molar-refractivity contribution in [3.63, 3.8) is 0 Å². The number of hydrogen-bond acceptors (Lipinski definition) is 3. The van der Waals surface area contributed by atoms with Crippen molar-refractivity contribution < 1.29 is 13.9 Å². The summed E-state index contributed by atoms with van der Waals surface area (Å²) >= 11 is 0. The molecule has 0 aromatic carbocycles. The Morgan fingerprint density at radius 2 is 1.34 bits per heavy atom. The Balaban J connectivity index is 0.888. The van der Waals surface area contributed by atoms with Crippen LogP contribution in [0.25, 0.3) is 0 Å². The molecule has 0 N–H and O–H groups in total. The number of carbonyl (C=O) groups excluding carboxylic acids is 1. The summed E-state index contributed by atoms with van der Waals surface area (Å²) in [6.45, 7) is 19.4. The highest BCUT2D eigenvalue weighted by Crippen LogP contribution is 2.67. The van der Waals surface area contributed by atoms with Gasteiger partial charge in [-0.25, -0.2) is 0 Å². The SMILES string of the molecule is CCCCCc1oc(CCCCCCCCCCCCCCC(=O)OC2CCC3(C)C(=CCC4C3CCC3(C)C(C(C)CCCC(C)C)CCC43)C2)c(C)c1C. The molecule has 0 bridgehead atoms. The quantitative estimate of drug-likeness (QED) is 0.0564. The zero-order valence-electron chi connectivity index (χ0n) is 38.3. The summed E-state index contributed by atoms with van der Waals surface area (Å²) in [5.41, 5.74) is 5.32. The van der Waals surface area contributed by atoms with Gasteiger partial charge in [0.2, 0.25) is 0 Å². The first-order valence-electron chi connectivity index (χ1n) is 24.9. The van der Waals surface area contributed by atoms with Crippen LogP contribution in [0.1, 0.15) is 238 Å². The van der Waals surface area contributed by atoms with Gasteiger partial charge in [0, 0.05) is 25.7 Å². The second-order valence-corrected chi connectivity index (χ2v) is 21.0. The molecule has 3 saturated carbocycles. The molecule has 3 nitrogen and oxygen atoms in total. The zero-order valence-corrected chi connectivity index (χ0v) is 38.3. The Kier molecular flexibility index (Phi) is 18.1. The first kappa shape index (κ1) is 45.6. The van der Waals surface area contributed by atoms with E-state index in [2.05, 4.69) is 61.5 Å². The van der Waals surface area contributed by atoms with Gasteiger partial charge >= 0.3 is 5.97 Å². The maximum absolute atomic E-state index is 12.9. The lowest BCUT2D eigenvalue weighted by molar-refractivity contribution is -0.151. The maximum atomic E-state index is 12.9. The summed E-state index contributed by atoms with van der Waals surface area (Å²) in [6, 6.07) is 0. The summed E-state index contributed by atoms with van der Waals surface area (Å²) in [5, 5.41) is 0. The topological polar surface area (TPSA) is 39.4 Å². The van der Waals surface area contributed by atoms with Crippen molar-refractivity contribution in [3.05, 3.63) is 34.3 Å². The number of furan rings is 1. The van der Waals surface area contributed by atoms with Gasteiger partial charge in [0.05, 0.1) is 0 Å². The lowest BCUT2D eigenvalue weighted by atomic mass is 9.47. The van der Waals surface area contributed by atoms with E-state index in [0.717, 1.165) is 67.6 Å². The van der Waals surface area contributed by atoms with Gasteiger partial charge in [-0.2, -0.15) is 0 Å². The fourth-order valence-electron chi connectivity index (χ4n) is 13.1. The zero-order chi connectivity index (χ0) is 40.1.